The maximum atomic E-state index is 12.6. The number of carbonyl (C=O) groups excluding carboxylic acids is 1. The zero-order valence-electron chi connectivity index (χ0n) is 14.9. The van der Waals surface area contributed by atoms with Crippen molar-refractivity contribution in [3.63, 3.8) is 0 Å². The topological polar surface area (TPSA) is 72.5 Å². The van der Waals surface area contributed by atoms with Gasteiger partial charge in [0, 0.05) is 11.1 Å². The molecule has 0 radical (unpaired) electrons. The third kappa shape index (κ3) is 3.12. The molecule has 2 aromatic rings. The third-order valence-electron chi connectivity index (χ3n) is 4.25. The van der Waals surface area contributed by atoms with E-state index in [9.17, 15) is 4.79 Å². The van der Waals surface area contributed by atoms with Gasteiger partial charge in [0.25, 0.3) is 0 Å². The molecule has 2 aliphatic heterocycles. The molecule has 0 fully saturated rings. The fourth-order valence-corrected chi connectivity index (χ4v) is 2.99. The first-order valence-electron chi connectivity index (χ1n) is 8.38. The van der Waals surface area contributed by atoms with Crippen LogP contribution in [0.15, 0.2) is 30.3 Å². The van der Waals surface area contributed by atoms with Crippen molar-refractivity contribution in [2.75, 3.05) is 34.2 Å². The maximum absolute atomic E-state index is 12.6. The number of hydrogen-bond acceptors (Lipinski definition) is 7. The molecule has 2 aliphatic rings. The number of ether oxygens (including phenoxy) is 6. The Morgan fingerprint density at radius 2 is 1.70 bits per heavy atom. The Hall–Kier alpha value is -3.35. The van der Waals surface area contributed by atoms with Crippen molar-refractivity contribution in [3.05, 3.63) is 41.5 Å². The van der Waals surface area contributed by atoms with Gasteiger partial charge in [0.2, 0.25) is 18.3 Å². The molecule has 7 nitrogen and oxygen atoms in total. The van der Waals surface area contributed by atoms with Crippen LogP contribution < -0.4 is 28.4 Å². The number of carbonyl (C=O) groups is 1. The van der Waals surface area contributed by atoms with Gasteiger partial charge in [0.05, 0.1) is 14.2 Å². The Morgan fingerprint density at radius 3 is 2.48 bits per heavy atom. The number of hydrogen-bond donors (Lipinski definition) is 0. The molecule has 27 heavy (non-hydrogen) atoms. The van der Waals surface area contributed by atoms with E-state index in [1.54, 1.807) is 30.3 Å². The molecule has 0 N–H and O–H groups in total. The predicted octanol–water partition coefficient (Wildman–Crippen LogP) is 3.10. The Labute approximate surface area is 156 Å². The molecule has 0 bridgehead atoms. The van der Waals surface area contributed by atoms with Crippen LogP contribution in [0.2, 0.25) is 0 Å². The number of benzene rings is 2. The average Bonchev–Trinajstić information content (AvgIpc) is 3.18. The number of methoxy groups -OCH3 is 2. The van der Waals surface area contributed by atoms with E-state index < -0.39 is 0 Å². The number of rotatable bonds is 5. The lowest BCUT2D eigenvalue weighted by Gasteiger charge is -2.18. The first kappa shape index (κ1) is 17.1. The minimum atomic E-state index is -0.175. The van der Waals surface area contributed by atoms with Gasteiger partial charge in [-0.1, -0.05) is 0 Å². The molecular weight excluding hydrogens is 352 g/mol. The van der Waals surface area contributed by atoms with E-state index >= 15 is 0 Å². The molecule has 0 saturated carbocycles. The van der Waals surface area contributed by atoms with Gasteiger partial charge < -0.3 is 28.4 Å². The van der Waals surface area contributed by atoms with Crippen LogP contribution in [0.1, 0.15) is 15.9 Å². The number of fused-ring (bicyclic) bond motifs is 2. The molecule has 2 heterocycles. The van der Waals surface area contributed by atoms with E-state index in [-0.39, 0.29) is 12.6 Å². The zero-order valence-corrected chi connectivity index (χ0v) is 14.9. The zero-order chi connectivity index (χ0) is 18.8. The molecule has 0 atom stereocenters. The second-order valence-electron chi connectivity index (χ2n) is 5.82. The Balaban J connectivity index is 1.64. The molecule has 0 aliphatic carbocycles. The number of ketones is 1. The van der Waals surface area contributed by atoms with Crippen molar-refractivity contribution in [2.45, 2.75) is 0 Å². The summed E-state index contributed by atoms with van der Waals surface area (Å²) in [7, 11) is 3.05. The van der Waals surface area contributed by atoms with Crippen molar-refractivity contribution in [3.8, 4) is 34.5 Å². The lowest BCUT2D eigenvalue weighted by molar-refractivity contribution is 0.104. The average molecular weight is 370 g/mol. The summed E-state index contributed by atoms with van der Waals surface area (Å²) in [6.07, 6.45) is 3.12. The van der Waals surface area contributed by atoms with Gasteiger partial charge in [0.1, 0.15) is 13.2 Å². The summed E-state index contributed by atoms with van der Waals surface area (Å²) in [6.45, 7) is 1.08. The molecule has 2 aromatic carbocycles. The molecule has 0 aromatic heterocycles. The SMILES string of the molecule is COc1c(C=CC(=O)c2ccc3c(c2)OCCO3)cc2c(c1OC)OCO2. The highest BCUT2D eigenvalue weighted by Crippen LogP contribution is 2.49. The second kappa shape index (κ2) is 7.11. The van der Waals surface area contributed by atoms with E-state index in [1.807, 2.05) is 0 Å². The molecule has 0 spiro atoms. The minimum absolute atomic E-state index is 0.109. The van der Waals surface area contributed by atoms with Crippen LogP contribution in [0.5, 0.6) is 34.5 Å². The molecule has 140 valence electrons. The summed E-state index contributed by atoms with van der Waals surface area (Å²) in [4.78, 5) is 12.6. The fourth-order valence-electron chi connectivity index (χ4n) is 2.99. The number of allylic oxidation sites excluding steroid dienone is 1. The van der Waals surface area contributed by atoms with Gasteiger partial charge in [-0.15, -0.1) is 0 Å². The highest BCUT2D eigenvalue weighted by atomic mass is 16.7. The van der Waals surface area contributed by atoms with E-state index in [0.29, 0.717) is 58.8 Å². The van der Waals surface area contributed by atoms with Crippen LogP contribution in [-0.4, -0.2) is 40.0 Å². The Kier molecular flexibility index (Phi) is 4.50. The molecule has 0 saturated heterocycles. The van der Waals surface area contributed by atoms with E-state index in [1.165, 1.54) is 20.3 Å². The Bertz CT molecular complexity index is 917. The quantitative estimate of drug-likeness (QED) is 0.591. The van der Waals surface area contributed by atoms with E-state index in [2.05, 4.69) is 0 Å². The van der Waals surface area contributed by atoms with Crippen LogP contribution in [-0.2, 0) is 0 Å². The molecule has 0 amide bonds. The van der Waals surface area contributed by atoms with Gasteiger partial charge in [-0.25, -0.2) is 0 Å². The van der Waals surface area contributed by atoms with Crippen LogP contribution >= 0.6 is 0 Å². The van der Waals surface area contributed by atoms with Crippen molar-refractivity contribution in [1.82, 2.24) is 0 Å². The summed E-state index contributed by atoms with van der Waals surface area (Å²) >= 11 is 0. The predicted molar refractivity (Wildman–Crippen MR) is 96.5 cm³/mol. The summed E-state index contributed by atoms with van der Waals surface area (Å²) in [5, 5.41) is 0. The Morgan fingerprint density at radius 1 is 0.926 bits per heavy atom. The summed E-state index contributed by atoms with van der Waals surface area (Å²) in [6, 6.07) is 6.87. The third-order valence-corrected chi connectivity index (χ3v) is 4.25. The fraction of sp³-hybridized carbons (Fsp3) is 0.250. The maximum Gasteiger partial charge on any atom is 0.231 e. The van der Waals surface area contributed by atoms with Crippen LogP contribution in [0.3, 0.4) is 0 Å². The molecular formula is C20H18O7. The molecule has 0 unspecified atom stereocenters. The smallest absolute Gasteiger partial charge is 0.231 e. The summed E-state index contributed by atoms with van der Waals surface area (Å²) < 4.78 is 32.7. The highest BCUT2D eigenvalue weighted by Gasteiger charge is 2.25. The van der Waals surface area contributed by atoms with Gasteiger partial charge in [0.15, 0.2) is 28.8 Å². The molecule has 7 heteroatoms. The molecule has 4 rings (SSSR count). The first-order chi connectivity index (χ1) is 13.2. The van der Waals surface area contributed by atoms with Crippen LogP contribution in [0, 0.1) is 0 Å². The van der Waals surface area contributed by atoms with E-state index in [0.717, 1.165) is 0 Å². The normalized spacial score (nSPS) is 14.3. The lowest BCUT2D eigenvalue weighted by atomic mass is 10.1. The van der Waals surface area contributed by atoms with Crippen molar-refractivity contribution in [1.29, 1.82) is 0 Å². The first-order valence-corrected chi connectivity index (χ1v) is 8.38. The standard InChI is InChI=1S/C20H18O7/c1-22-18-13(10-17-19(20(18)23-2)27-11-26-17)3-5-14(21)12-4-6-15-16(9-12)25-8-7-24-15/h3-6,9-10H,7-8,11H2,1-2H3. The monoisotopic (exact) mass is 370 g/mol. The van der Waals surface area contributed by atoms with Gasteiger partial charge in [-0.3, -0.25) is 4.79 Å². The van der Waals surface area contributed by atoms with E-state index in [4.69, 9.17) is 28.4 Å². The van der Waals surface area contributed by atoms with Gasteiger partial charge >= 0.3 is 0 Å². The summed E-state index contributed by atoms with van der Waals surface area (Å²) in [5.41, 5.74) is 1.15. The second-order valence-corrected chi connectivity index (χ2v) is 5.82. The van der Waals surface area contributed by atoms with Gasteiger partial charge in [-0.05, 0) is 36.4 Å². The lowest BCUT2D eigenvalue weighted by Crippen LogP contribution is -2.15. The van der Waals surface area contributed by atoms with Crippen LogP contribution in [0.25, 0.3) is 6.08 Å². The largest absolute Gasteiger partial charge is 0.492 e. The highest BCUT2D eigenvalue weighted by molar-refractivity contribution is 6.07. The van der Waals surface area contributed by atoms with Crippen molar-refractivity contribution in [2.24, 2.45) is 0 Å². The van der Waals surface area contributed by atoms with Crippen LogP contribution in [0.4, 0.5) is 0 Å². The van der Waals surface area contributed by atoms with Crippen molar-refractivity contribution >= 4 is 11.9 Å². The summed E-state index contributed by atoms with van der Waals surface area (Å²) in [5.74, 6) is 2.97. The van der Waals surface area contributed by atoms with Crippen molar-refractivity contribution < 1.29 is 33.2 Å². The van der Waals surface area contributed by atoms with Gasteiger partial charge in [-0.2, -0.15) is 0 Å². The minimum Gasteiger partial charge on any atom is -0.492 e.